The molecular weight excluding hydrogens is 468 g/mol. The number of ketones is 1. The van der Waals surface area contributed by atoms with Gasteiger partial charge in [-0.2, -0.15) is 4.89 Å². The molecule has 0 bridgehead atoms. The van der Waals surface area contributed by atoms with Crippen LogP contribution in [0.4, 0.5) is 0 Å². The Hall–Kier alpha value is -3.84. The molecule has 0 saturated carbocycles. The Labute approximate surface area is 215 Å². The molecule has 0 heterocycles. The molecule has 37 heavy (non-hydrogen) atoms. The maximum Gasteiger partial charge on any atom is 0.337 e. The molecule has 1 aliphatic carbocycles. The lowest BCUT2D eigenvalue weighted by Gasteiger charge is -2.36. The number of unbranched alkanes of at least 4 members (excludes halogenated alkanes) is 2. The summed E-state index contributed by atoms with van der Waals surface area (Å²) in [5.74, 6) is -2.31. The second kappa shape index (κ2) is 10.6. The summed E-state index contributed by atoms with van der Waals surface area (Å²) in [4.78, 5) is 31.3. The summed E-state index contributed by atoms with van der Waals surface area (Å²) >= 11 is 0. The Kier molecular flexibility index (Phi) is 7.15. The third-order valence-electron chi connectivity index (χ3n) is 6.77. The first-order valence-corrected chi connectivity index (χ1v) is 12.5. The summed E-state index contributed by atoms with van der Waals surface area (Å²) < 4.78 is 11.6. The van der Waals surface area contributed by atoms with Gasteiger partial charge in [0.05, 0.1) is 0 Å². The molecule has 1 atom stereocenters. The highest BCUT2D eigenvalue weighted by atomic mass is 17.1. The fourth-order valence-corrected chi connectivity index (χ4v) is 4.94. The Morgan fingerprint density at radius 2 is 1.62 bits per heavy atom. The van der Waals surface area contributed by atoms with E-state index in [0.29, 0.717) is 28.0 Å². The van der Waals surface area contributed by atoms with Crippen molar-refractivity contribution >= 4 is 22.5 Å². The molecule has 188 valence electrons. The lowest BCUT2D eigenvalue weighted by Crippen LogP contribution is -2.41. The van der Waals surface area contributed by atoms with Crippen LogP contribution < -0.4 is 4.74 Å². The number of esters is 1. The zero-order valence-electron chi connectivity index (χ0n) is 20.6. The molecule has 0 fully saturated rings. The van der Waals surface area contributed by atoms with E-state index >= 15 is 0 Å². The van der Waals surface area contributed by atoms with E-state index in [1.54, 1.807) is 36.4 Å². The maximum atomic E-state index is 13.4. The minimum absolute atomic E-state index is 0.183. The number of carbonyl (C=O) groups is 2. The molecule has 1 aliphatic rings. The van der Waals surface area contributed by atoms with Gasteiger partial charge in [0.2, 0.25) is 0 Å². The van der Waals surface area contributed by atoms with Crippen LogP contribution in [0.1, 0.15) is 58.8 Å². The van der Waals surface area contributed by atoms with Crippen LogP contribution in [0.25, 0.3) is 10.8 Å². The van der Waals surface area contributed by atoms with E-state index < -0.39 is 18.4 Å². The molecule has 0 spiro atoms. The van der Waals surface area contributed by atoms with Gasteiger partial charge in [-0.05, 0) is 35.9 Å². The van der Waals surface area contributed by atoms with Crippen LogP contribution in [0.3, 0.4) is 0 Å². The molecule has 4 aromatic rings. The second-order valence-electron chi connectivity index (χ2n) is 9.16. The van der Waals surface area contributed by atoms with Crippen molar-refractivity contribution in [2.24, 2.45) is 0 Å². The van der Waals surface area contributed by atoms with Gasteiger partial charge in [-0.25, -0.2) is 10.1 Å². The SMILES string of the molecule is CCCCCc1ccc2c(c1)C(=O)c1ccccc1C2(OO)OCC(=O)Oc1cccc2ccccc12. The molecule has 0 aromatic heterocycles. The van der Waals surface area contributed by atoms with Gasteiger partial charge in [0, 0.05) is 27.6 Å². The third-order valence-corrected chi connectivity index (χ3v) is 6.77. The van der Waals surface area contributed by atoms with Crippen molar-refractivity contribution in [1.29, 1.82) is 0 Å². The van der Waals surface area contributed by atoms with Crippen LogP contribution in [0.2, 0.25) is 0 Å². The van der Waals surface area contributed by atoms with Crippen molar-refractivity contribution in [2.75, 3.05) is 6.61 Å². The monoisotopic (exact) mass is 496 g/mol. The van der Waals surface area contributed by atoms with Crippen molar-refractivity contribution in [3.8, 4) is 5.75 Å². The lowest BCUT2D eigenvalue weighted by molar-refractivity contribution is -0.394. The van der Waals surface area contributed by atoms with E-state index in [4.69, 9.17) is 14.4 Å². The topological polar surface area (TPSA) is 82.1 Å². The average molecular weight is 497 g/mol. The number of ether oxygens (including phenoxy) is 2. The first-order valence-electron chi connectivity index (χ1n) is 12.5. The first-order chi connectivity index (χ1) is 18.1. The molecule has 1 unspecified atom stereocenters. The van der Waals surface area contributed by atoms with E-state index in [1.807, 2.05) is 48.5 Å². The van der Waals surface area contributed by atoms with Crippen LogP contribution in [-0.2, 0) is 26.6 Å². The van der Waals surface area contributed by atoms with Crippen molar-refractivity contribution in [2.45, 2.75) is 38.4 Å². The zero-order chi connectivity index (χ0) is 25.8. The normalized spacial score (nSPS) is 16.3. The quantitative estimate of drug-likeness (QED) is 0.0718. The highest BCUT2D eigenvalue weighted by molar-refractivity contribution is 6.13. The van der Waals surface area contributed by atoms with Gasteiger partial charge < -0.3 is 9.47 Å². The second-order valence-corrected chi connectivity index (χ2v) is 9.16. The van der Waals surface area contributed by atoms with Crippen LogP contribution in [-0.4, -0.2) is 23.6 Å². The van der Waals surface area contributed by atoms with E-state index in [0.717, 1.165) is 42.0 Å². The highest BCUT2D eigenvalue weighted by Crippen LogP contribution is 2.43. The largest absolute Gasteiger partial charge is 0.424 e. The predicted octanol–water partition coefficient (Wildman–Crippen LogP) is 6.43. The van der Waals surface area contributed by atoms with Crippen molar-refractivity contribution in [1.82, 2.24) is 0 Å². The number of aryl methyl sites for hydroxylation is 1. The number of carbonyl (C=O) groups excluding carboxylic acids is 2. The summed E-state index contributed by atoms with van der Waals surface area (Å²) in [6.07, 6.45) is 4.04. The molecule has 0 radical (unpaired) electrons. The predicted molar refractivity (Wildman–Crippen MR) is 140 cm³/mol. The average Bonchev–Trinajstić information content (AvgIpc) is 2.94. The molecule has 4 aromatic carbocycles. The van der Waals surface area contributed by atoms with Crippen molar-refractivity contribution < 1.29 is 29.2 Å². The van der Waals surface area contributed by atoms with E-state index in [9.17, 15) is 14.8 Å². The number of benzene rings is 4. The molecule has 0 amide bonds. The lowest BCUT2D eigenvalue weighted by atomic mass is 9.79. The third kappa shape index (κ3) is 4.67. The van der Waals surface area contributed by atoms with E-state index in [-0.39, 0.29) is 5.78 Å². The van der Waals surface area contributed by atoms with Crippen LogP contribution in [0.15, 0.2) is 84.9 Å². The molecule has 0 aliphatic heterocycles. The van der Waals surface area contributed by atoms with Crippen molar-refractivity contribution in [3.05, 3.63) is 113 Å². The molecule has 6 heteroatoms. The summed E-state index contributed by atoms with van der Waals surface area (Å²) in [5, 5.41) is 11.9. The van der Waals surface area contributed by atoms with Crippen LogP contribution in [0.5, 0.6) is 5.75 Å². The van der Waals surface area contributed by atoms with Crippen molar-refractivity contribution in [3.63, 3.8) is 0 Å². The molecule has 1 N–H and O–H groups in total. The maximum absolute atomic E-state index is 13.4. The Morgan fingerprint density at radius 1 is 0.865 bits per heavy atom. The van der Waals surface area contributed by atoms with Gasteiger partial charge in [0.25, 0.3) is 5.79 Å². The van der Waals surface area contributed by atoms with E-state index in [2.05, 4.69) is 6.92 Å². The number of rotatable bonds is 9. The number of hydrogen-bond donors (Lipinski definition) is 1. The highest BCUT2D eigenvalue weighted by Gasteiger charge is 2.47. The fraction of sp³-hybridized carbons (Fsp3) is 0.226. The van der Waals surface area contributed by atoms with Gasteiger partial charge in [-0.1, -0.05) is 92.6 Å². The summed E-state index contributed by atoms with van der Waals surface area (Å²) in [6.45, 7) is 1.62. The first kappa shape index (κ1) is 24.8. The smallest absolute Gasteiger partial charge is 0.337 e. The molecule has 6 nitrogen and oxygen atoms in total. The van der Waals surface area contributed by atoms with Gasteiger partial charge in [0.15, 0.2) is 5.78 Å². The van der Waals surface area contributed by atoms with Crippen LogP contribution >= 0.6 is 0 Å². The summed E-state index contributed by atoms with van der Waals surface area (Å²) in [5.41, 5.74) is 2.41. The molecule has 5 rings (SSSR count). The fourth-order valence-electron chi connectivity index (χ4n) is 4.94. The standard InChI is InChI=1S/C31H28O6/c1-2-3-4-10-21-17-18-27-25(19-21)30(33)24-14-7-8-15-26(24)31(27,37-34)35-20-29(32)36-28-16-9-12-22-11-5-6-13-23(22)28/h5-9,11-19,34H,2-4,10,20H2,1H3. The summed E-state index contributed by atoms with van der Waals surface area (Å²) in [7, 11) is 0. The Bertz CT molecular complexity index is 1450. The molecule has 0 saturated heterocycles. The zero-order valence-corrected chi connectivity index (χ0v) is 20.6. The van der Waals surface area contributed by atoms with Gasteiger partial charge in [0.1, 0.15) is 12.4 Å². The van der Waals surface area contributed by atoms with Gasteiger partial charge in [-0.15, -0.1) is 0 Å². The van der Waals surface area contributed by atoms with Gasteiger partial charge in [-0.3, -0.25) is 4.79 Å². The Balaban J connectivity index is 1.46. The van der Waals surface area contributed by atoms with Crippen LogP contribution in [0, 0.1) is 0 Å². The van der Waals surface area contributed by atoms with E-state index in [1.165, 1.54) is 0 Å². The number of hydrogen-bond acceptors (Lipinski definition) is 6. The Morgan fingerprint density at radius 3 is 2.46 bits per heavy atom. The minimum Gasteiger partial charge on any atom is -0.424 e. The molecular formula is C31H28O6. The van der Waals surface area contributed by atoms with Gasteiger partial charge >= 0.3 is 5.97 Å². The summed E-state index contributed by atoms with van der Waals surface area (Å²) in [6, 6.07) is 25.3. The number of fused-ring (bicyclic) bond motifs is 3. The minimum atomic E-state index is -1.86.